The van der Waals surface area contributed by atoms with Crippen molar-refractivity contribution in [3.05, 3.63) is 23.8 Å². The van der Waals surface area contributed by atoms with Gasteiger partial charge in [0.15, 0.2) is 0 Å². The van der Waals surface area contributed by atoms with Crippen molar-refractivity contribution in [1.82, 2.24) is 0 Å². The Morgan fingerprint density at radius 1 is 1.26 bits per heavy atom. The monoisotopic (exact) mass is 283 g/mol. The van der Waals surface area contributed by atoms with Crippen LogP contribution in [-0.2, 0) is 0 Å². The van der Waals surface area contributed by atoms with E-state index in [0.717, 1.165) is 37.1 Å². The minimum atomic E-state index is -0.896. The lowest BCUT2D eigenvalue weighted by molar-refractivity contribution is 0.0694. The Balaban J connectivity index is 2.55. The predicted molar refractivity (Wildman–Crippen MR) is 79.2 cm³/mol. The van der Waals surface area contributed by atoms with Crippen LogP contribution in [0.5, 0.6) is 0 Å². The van der Waals surface area contributed by atoms with Gasteiger partial charge in [0.25, 0.3) is 0 Å². The van der Waals surface area contributed by atoms with Crippen LogP contribution in [-0.4, -0.2) is 35.6 Å². The zero-order chi connectivity index (χ0) is 14.1. The van der Waals surface area contributed by atoms with Gasteiger partial charge in [0.2, 0.25) is 0 Å². The predicted octanol–water partition coefficient (Wildman–Crippen LogP) is 3.07. The number of aliphatic hydroxyl groups excluding tert-OH is 1. The molecule has 0 fully saturated rings. The van der Waals surface area contributed by atoms with Crippen molar-refractivity contribution in [2.45, 2.75) is 30.6 Å². The normalized spacial score (nSPS) is 10.4. The maximum absolute atomic E-state index is 11.3. The number of carboxylic acid groups (broad SMARTS) is 1. The van der Waals surface area contributed by atoms with E-state index in [-0.39, 0.29) is 6.61 Å². The molecule has 106 valence electrons. The van der Waals surface area contributed by atoms with Crippen LogP contribution in [0.3, 0.4) is 0 Å². The van der Waals surface area contributed by atoms with Gasteiger partial charge in [0.05, 0.1) is 5.56 Å². The maximum atomic E-state index is 11.3. The van der Waals surface area contributed by atoms with Crippen LogP contribution >= 0.6 is 11.8 Å². The van der Waals surface area contributed by atoms with Crippen LogP contribution in [0.15, 0.2) is 23.1 Å². The summed E-state index contributed by atoms with van der Waals surface area (Å²) in [6, 6.07) is 5.49. The molecule has 0 atom stereocenters. The number of unbranched alkanes of at least 4 members (excludes halogenated alkanes) is 3. The molecule has 5 heteroatoms. The molecule has 0 saturated carbocycles. The Hall–Kier alpha value is -1.20. The van der Waals surface area contributed by atoms with Gasteiger partial charge in [-0.1, -0.05) is 18.9 Å². The molecule has 0 spiro atoms. The summed E-state index contributed by atoms with van der Waals surface area (Å²) in [6.07, 6.45) is 5.73. The first kappa shape index (κ1) is 15.9. The molecular weight excluding hydrogens is 262 g/mol. The molecule has 0 bridgehead atoms. The van der Waals surface area contributed by atoms with Gasteiger partial charge in [-0.15, -0.1) is 11.8 Å². The van der Waals surface area contributed by atoms with Crippen molar-refractivity contribution in [2.24, 2.45) is 0 Å². The van der Waals surface area contributed by atoms with Crippen molar-refractivity contribution in [2.75, 3.05) is 24.7 Å². The number of anilines is 1. The van der Waals surface area contributed by atoms with E-state index in [0.29, 0.717) is 11.3 Å². The summed E-state index contributed by atoms with van der Waals surface area (Å²) >= 11 is 1.44. The molecule has 3 N–H and O–H groups in total. The number of thioether (sulfide) groups is 1. The van der Waals surface area contributed by atoms with Gasteiger partial charge in [0.1, 0.15) is 0 Å². The summed E-state index contributed by atoms with van der Waals surface area (Å²) in [7, 11) is 0. The van der Waals surface area contributed by atoms with Crippen LogP contribution in [0, 0.1) is 0 Å². The first-order valence-corrected chi connectivity index (χ1v) is 7.68. The summed E-state index contributed by atoms with van der Waals surface area (Å²) in [5.41, 5.74) is 1.03. The number of hydrogen-bond acceptors (Lipinski definition) is 4. The highest BCUT2D eigenvalue weighted by molar-refractivity contribution is 7.98. The van der Waals surface area contributed by atoms with Gasteiger partial charge in [-0.05, 0) is 31.2 Å². The first-order valence-electron chi connectivity index (χ1n) is 6.45. The molecule has 19 heavy (non-hydrogen) atoms. The highest BCUT2D eigenvalue weighted by Crippen LogP contribution is 2.27. The van der Waals surface area contributed by atoms with Gasteiger partial charge in [0, 0.05) is 23.7 Å². The number of benzene rings is 1. The van der Waals surface area contributed by atoms with E-state index in [9.17, 15) is 9.90 Å². The number of rotatable bonds is 9. The number of nitrogens with one attached hydrogen (secondary N) is 1. The molecule has 0 aromatic heterocycles. The third kappa shape index (κ3) is 5.12. The fourth-order valence-electron chi connectivity index (χ4n) is 1.88. The van der Waals surface area contributed by atoms with Crippen LogP contribution in [0.25, 0.3) is 0 Å². The van der Waals surface area contributed by atoms with E-state index >= 15 is 0 Å². The van der Waals surface area contributed by atoms with Crippen LogP contribution in [0.1, 0.15) is 36.0 Å². The second-order valence-electron chi connectivity index (χ2n) is 4.25. The molecule has 4 nitrogen and oxygen atoms in total. The van der Waals surface area contributed by atoms with Gasteiger partial charge in [-0.3, -0.25) is 0 Å². The van der Waals surface area contributed by atoms with E-state index in [1.165, 1.54) is 11.8 Å². The fraction of sp³-hybridized carbons (Fsp3) is 0.500. The lowest BCUT2D eigenvalue weighted by atomic mass is 10.1. The molecular formula is C14H21NO3S. The number of carbonyl (C=O) groups is 1. The van der Waals surface area contributed by atoms with Crippen LogP contribution in [0.2, 0.25) is 0 Å². The van der Waals surface area contributed by atoms with Crippen molar-refractivity contribution in [3.63, 3.8) is 0 Å². The van der Waals surface area contributed by atoms with E-state index < -0.39 is 5.97 Å². The van der Waals surface area contributed by atoms with E-state index in [1.807, 2.05) is 18.4 Å². The molecule has 0 amide bonds. The highest BCUT2D eigenvalue weighted by atomic mass is 32.2. The molecule has 1 rings (SSSR count). The highest BCUT2D eigenvalue weighted by Gasteiger charge is 2.14. The largest absolute Gasteiger partial charge is 0.478 e. The van der Waals surface area contributed by atoms with Crippen LogP contribution < -0.4 is 5.32 Å². The molecule has 0 radical (unpaired) electrons. The van der Waals surface area contributed by atoms with Crippen molar-refractivity contribution >= 4 is 23.4 Å². The zero-order valence-corrected chi connectivity index (χ0v) is 12.0. The lowest BCUT2D eigenvalue weighted by Gasteiger charge is -2.12. The van der Waals surface area contributed by atoms with Gasteiger partial charge in [-0.25, -0.2) is 4.79 Å². The third-order valence-electron chi connectivity index (χ3n) is 2.86. The first-order chi connectivity index (χ1) is 9.20. The SMILES string of the molecule is CSc1cccc(NCCCCCCO)c1C(=O)O. The maximum Gasteiger partial charge on any atom is 0.338 e. The Labute approximate surface area is 118 Å². The third-order valence-corrected chi connectivity index (χ3v) is 3.64. The summed E-state index contributed by atoms with van der Waals surface area (Å²) in [5.74, 6) is -0.896. The Kier molecular flexibility index (Phi) is 7.36. The van der Waals surface area contributed by atoms with Gasteiger partial charge in [-0.2, -0.15) is 0 Å². The molecule has 0 saturated heterocycles. The van der Waals surface area contributed by atoms with Crippen molar-refractivity contribution < 1.29 is 15.0 Å². The fourth-order valence-corrected chi connectivity index (χ4v) is 2.50. The topological polar surface area (TPSA) is 69.6 Å². The molecule has 0 unspecified atom stereocenters. The van der Waals surface area contributed by atoms with E-state index in [4.69, 9.17) is 5.11 Å². The molecule has 0 aliphatic carbocycles. The molecule has 1 aromatic rings. The Morgan fingerprint density at radius 3 is 2.63 bits per heavy atom. The lowest BCUT2D eigenvalue weighted by Crippen LogP contribution is -2.09. The van der Waals surface area contributed by atoms with E-state index in [2.05, 4.69) is 5.32 Å². The smallest absolute Gasteiger partial charge is 0.338 e. The number of hydrogen-bond donors (Lipinski definition) is 3. The number of carboxylic acids is 1. The van der Waals surface area contributed by atoms with E-state index in [1.54, 1.807) is 6.07 Å². The van der Waals surface area contributed by atoms with Gasteiger partial charge < -0.3 is 15.5 Å². The zero-order valence-electron chi connectivity index (χ0n) is 11.2. The van der Waals surface area contributed by atoms with Gasteiger partial charge >= 0.3 is 5.97 Å². The summed E-state index contributed by atoms with van der Waals surface area (Å²) < 4.78 is 0. The van der Waals surface area contributed by atoms with Crippen LogP contribution in [0.4, 0.5) is 5.69 Å². The summed E-state index contributed by atoms with van der Waals surface area (Å²) in [6.45, 7) is 0.996. The summed E-state index contributed by atoms with van der Waals surface area (Å²) in [5, 5.41) is 21.1. The minimum Gasteiger partial charge on any atom is -0.478 e. The average molecular weight is 283 g/mol. The molecule has 1 aromatic carbocycles. The van der Waals surface area contributed by atoms with Crippen molar-refractivity contribution in [1.29, 1.82) is 0 Å². The number of aromatic carboxylic acids is 1. The minimum absolute atomic E-state index is 0.242. The van der Waals surface area contributed by atoms with Crippen molar-refractivity contribution in [3.8, 4) is 0 Å². The average Bonchev–Trinajstić information content (AvgIpc) is 2.42. The summed E-state index contributed by atoms with van der Waals surface area (Å²) in [4.78, 5) is 12.1. The Bertz CT molecular complexity index is 410. The molecule has 0 aliphatic rings. The standard InChI is InChI=1S/C14H21NO3S/c1-19-12-8-6-7-11(13(12)14(17)18)15-9-4-2-3-5-10-16/h6-8,15-16H,2-5,9-10H2,1H3,(H,17,18). The second kappa shape index (κ2) is 8.82. The quantitative estimate of drug-likeness (QED) is 0.480. The second-order valence-corrected chi connectivity index (χ2v) is 5.10. The molecule has 0 heterocycles. The Morgan fingerprint density at radius 2 is 2.00 bits per heavy atom. The number of aliphatic hydroxyl groups is 1. The molecule has 0 aliphatic heterocycles.